The smallest absolute Gasteiger partial charge is 0.338 e. The number of ether oxygens (including phenoxy) is 3. The Bertz CT molecular complexity index is 1910. The Morgan fingerprint density at radius 2 is 1.76 bits per heavy atom. The Morgan fingerprint density at radius 3 is 2.43 bits per heavy atom. The van der Waals surface area contributed by atoms with Crippen LogP contribution in [0.4, 0.5) is 0 Å². The number of benzene rings is 2. The fourth-order valence-electron chi connectivity index (χ4n) is 5.26. The lowest BCUT2D eigenvalue weighted by Crippen LogP contribution is -2.39. The standard InChI is InChI=1S/C32H31N3O6S/c1-7-41-31(38)27-19(3)33-32-35(28(27)21-11-13-25(39-5)14-12-21)29(36)26(42-32)17-23-15-18(2)34(20(23)4)24-10-8-9-22(16-24)30(37)40-6/h8-17,28H,7H2,1-6H3/t28-/m1/s1. The van der Waals surface area contributed by atoms with Gasteiger partial charge in [-0.1, -0.05) is 29.5 Å². The fourth-order valence-corrected chi connectivity index (χ4v) is 6.29. The largest absolute Gasteiger partial charge is 0.497 e. The molecule has 0 saturated carbocycles. The molecule has 42 heavy (non-hydrogen) atoms. The molecule has 0 fully saturated rings. The number of aryl methyl sites for hydroxylation is 1. The van der Waals surface area contributed by atoms with Crippen LogP contribution in [0.3, 0.4) is 0 Å². The number of hydrogen-bond donors (Lipinski definition) is 0. The summed E-state index contributed by atoms with van der Waals surface area (Å²) in [4.78, 5) is 44.4. The molecule has 4 aromatic rings. The highest BCUT2D eigenvalue weighted by Gasteiger charge is 2.33. The molecule has 0 radical (unpaired) electrons. The van der Waals surface area contributed by atoms with Gasteiger partial charge in [-0.15, -0.1) is 0 Å². The van der Waals surface area contributed by atoms with Crippen molar-refractivity contribution >= 4 is 29.4 Å². The molecule has 0 spiro atoms. The summed E-state index contributed by atoms with van der Waals surface area (Å²) in [6.45, 7) is 7.64. The summed E-state index contributed by atoms with van der Waals surface area (Å²) in [6, 6.07) is 15.8. The molecule has 5 rings (SSSR count). The maximum absolute atomic E-state index is 14.0. The topological polar surface area (TPSA) is 101 Å². The SMILES string of the molecule is CCOC(=O)C1=C(C)N=c2sc(=Cc3cc(C)n(-c4cccc(C(=O)OC)c4)c3C)c(=O)n2[C@@H]1c1ccc(OC)cc1. The van der Waals surface area contributed by atoms with Crippen LogP contribution in [0.15, 0.2) is 75.7 Å². The van der Waals surface area contributed by atoms with Gasteiger partial charge in [-0.05, 0) is 81.3 Å². The van der Waals surface area contributed by atoms with E-state index in [0.717, 1.165) is 28.2 Å². The van der Waals surface area contributed by atoms with Crippen molar-refractivity contribution in [2.45, 2.75) is 33.7 Å². The van der Waals surface area contributed by atoms with Crippen molar-refractivity contribution in [1.82, 2.24) is 9.13 Å². The Labute approximate surface area is 246 Å². The maximum Gasteiger partial charge on any atom is 0.338 e. The molecule has 0 saturated heterocycles. The number of fused-ring (bicyclic) bond motifs is 1. The van der Waals surface area contributed by atoms with Crippen molar-refractivity contribution in [1.29, 1.82) is 0 Å². The maximum atomic E-state index is 14.0. The van der Waals surface area contributed by atoms with Gasteiger partial charge in [0.15, 0.2) is 4.80 Å². The molecular formula is C32H31N3O6S. The molecule has 1 atom stereocenters. The first-order valence-corrected chi connectivity index (χ1v) is 14.2. The highest BCUT2D eigenvalue weighted by molar-refractivity contribution is 7.07. The first-order chi connectivity index (χ1) is 20.2. The van der Waals surface area contributed by atoms with Gasteiger partial charge in [-0.3, -0.25) is 9.36 Å². The Balaban J connectivity index is 1.66. The van der Waals surface area contributed by atoms with Crippen molar-refractivity contribution in [3.8, 4) is 11.4 Å². The number of thiazole rings is 1. The predicted molar refractivity (Wildman–Crippen MR) is 160 cm³/mol. The van der Waals surface area contributed by atoms with Crippen molar-refractivity contribution < 1.29 is 23.8 Å². The molecule has 0 unspecified atom stereocenters. The average Bonchev–Trinajstić information content (AvgIpc) is 3.45. The van der Waals surface area contributed by atoms with Crippen LogP contribution in [0.25, 0.3) is 11.8 Å². The molecule has 1 aliphatic heterocycles. The monoisotopic (exact) mass is 585 g/mol. The molecule has 0 N–H and O–H groups in total. The normalized spacial score (nSPS) is 14.8. The summed E-state index contributed by atoms with van der Waals surface area (Å²) in [7, 11) is 2.94. The molecule has 2 aromatic carbocycles. The fraction of sp³-hybridized carbons (Fsp3) is 0.250. The highest BCUT2D eigenvalue weighted by Crippen LogP contribution is 2.31. The first kappa shape index (κ1) is 28.8. The molecule has 3 heterocycles. The minimum absolute atomic E-state index is 0.202. The van der Waals surface area contributed by atoms with Crippen LogP contribution in [-0.4, -0.2) is 41.9 Å². The lowest BCUT2D eigenvalue weighted by Gasteiger charge is -2.24. The van der Waals surface area contributed by atoms with Crippen LogP contribution in [0.2, 0.25) is 0 Å². The van der Waals surface area contributed by atoms with E-state index in [2.05, 4.69) is 4.99 Å². The van der Waals surface area contributed by atoms with E-state index in [1.54, 1.807) is 55.9 Å². The van der Waals surface area contributed by atoms with Crippen LogP contribution in [0, 0.1) is 13.8 Å². The van der Waals surface area contributed by atoms with Crippen LogP contribution >= 0.6 is 11.3 Å². The first-order valence-electron chi connectivity index (χ1n) is 13.4. The number of carbonyl (C=O) groups excluding carboxylic acids is 2. The number of nitrogens with zero attached hydrogens (tertiary/aromatic N) is 3. The molecule has 0 aliphatic carbocycles. The summed E-state index contributed by atoms with van der Waals surface area (Å²) in [5.74, 6) is -0.256. The minimum atomic E-state index is -0.707. The Kier molecular flexibility index (Phi) is 8.00. The minimum Gasteiger partial charge on any atom is -0.497 e. The molecule has 216 valence electrons. The third-order valence-electron chi connectivity index (χ3n) is 7.23. The number of aromatic nitrogens is 2. The van der Waals surface area contributed by atoms with Crippen LogP contribution in [0.5, 0.6) is 5.75 Å². The average molecular weight is 586 g/mol. The number of allylic oxidation sites excluding steroid dienone is 1. The molecule has 1 aliphatic rings. The molecule has 10 heteroatoms. The number of carbonyl (C=O) groups is 2. The van der Waals surface area contributed by atoms with Crippen LogP contribution in [-0.2, 0) is 14.3 Å². The van der Waals surface area contributed by atoms with Crippen molar-refractivity contribution in [3.05, 3.63) is 114 Å². The van der Waals surface area contributed by atoms with E-state index in [-0.39, 0.29) is 12.2 Å². The quantitative estimate of drug-likeness (QED) is 0.304. The van der Waals surface area contributed by atoms with Gasteiger partial charge >= 0.3 is 11.9 Å². The van der Waals surface area contributed by atoms with Gasteiger partial charge in [0.05, 0.1) is 48.2 Å². The van der Waals surface area contributed by atoms with Crippen molar-refractivity contribution in [2.24, 2.45) is 4.99 Å². The molecular weight excluding hydrogens is 554 g/mol. The molecule has 0 bridgehead atoms. The lowest BCUT2D eigenvalue weighted by atomic mass is 9.96. The second-order valence-corrected chi connectivity index (χ2v) is 10.8. The van der Waals surface area contributed by atoms with E-state index >= 15 is 0 Å². The van der Waals surface area contributed by atoms with Crippen molar-refractivity contribution in [2.75, 3.05) is 20.8 Å². The van der Waals surface area contributed by atoms with E-state index in [9.17, 15) is 14.4 Å². The van der Waals surface area contributed by atoms with E-state index < -0.39 is 18.0 Å². The summed E-state index contributed by atoms with van der Waals surface area (Å²) < 4.78 is 19.6. The third-order valence-corrected chi connectivity index (χ3v) is 8.21. The second-order valence-electron chi connectivity index (χ2n) is 9.78. The summed E-state index contributed by atoms with van der Waals surface area (Å²) in [6.07, 6.45) is 1.85. The van der Waals surface area contributed by atoms with Gasteiger partial charge in [-0.25, -0.2) is 14.6 Å². The Morgan fingerprint density at radius 1 is 1.02 bits per heavy atom. The van der Waals surface area contributed by atoms with E-state index in [1.807, 2.05) is 48.8 Å². The zero-order chi connectivity index (χ0) is 30.1. The Hall–Kier alpha value is -4.70. The summed E-state index contributed by atoms with van der Waals surface area (Å²) in [5.41, 5.74) is 5.25. The van der Waals surface area contributed by atoms with Gasteiger partial charge in [0, 0.05) is 17.1 Å². The lowest BCUT2D eigenvalue weighted by molar-refractivity contribution is -0.139. The number of rotatable bonds is 7. The second kappa shape index (κ2) is 11.7. The molecule has 2 aromatic heterocycles. The number of methoxy groups -OCH3 is 2. The third kappa shape index (κ3) is 5.09. The molecule has 9 nitrogen and oxygen atoms in total. The van der Waals surface area contributed by atoms with Crippen LogP contribution in [0.1, 0.15) is 52.8 Å². The van der Waals surface area contributed by atoms with Crippen LogP contribution < -0.4 is 19.6 Å². The van der Waals surface area contributed by atoms with E-state index in [4.69, 9.17) is 14.2 Å². The van der Waals surface area contributed by atoms with Gasteiger partial charge in [0.25, 0.3) is 5.56 Å². The number of hydrogen-bond acceptors (Lipinski definition) is 8. The predicted octanol–water partition coefficient (Wildman–Crippen LogP) is 4.00. The summed E-state index contributed by atoms with van der Waals surface area (Å²) in [5, 5.41) is 0. The van der Waals surface area contributed by atoms with E-state index in [0.29, 0.717) is 31.9 Å². The van der Waals surface area contributed by atoms with Gasteiger partial charge in [-0.2, -0.15) is 0 Å². The van der Waals surface area contributed by atoms with Gasteiger partial charge in [0.2, 0.25) is 0 Å². The number of esters is 2. The van der Waals surface area contributed by atoms with Crippen molar-refractivity contribution in [3.63, 3.8) is 0 Å². The zero-order valence-corrected chi connectivity index (χ0v) is 25.1. The summed E-state index contributed by atoms with van der Waals surface area (Å²) >= 11 is 1.27. The van der Waals surface area contributed by atoms with Gasteiger partial charge < -0.3 is 18.8 Å². The van der Waals surface area contributed by atoms with E-state index in [1.165, 1.54) is 18.4 Å². The van der Waals surface area contributed by atoms with Gasteiger partial charge in [0.1, 0.15) is 5.75 Å². The highest BCUT2D eigenvalue weighted by atomic mass is 32.1. The molecule has 0 amide bonds. The zero-order valence-electron chi connectivity index (χ0n) is 24.3.